The van der Waals surface area contributed by atoms with Gasteiger partial charge in [0.15, 0.2) is 0 Å². The Bertz CT molecular complexity index is 346. The van der Waals surface area contributed by atoms with Gasteiger partial charge in [0.25, 0.3) is 6.43 Å². The predicted molar refractivity (Wildman–Crippen MR) is 66.5 cm³/mol. The number of nitrogens with two attached hydrogens (primary N) is 1. The Labute approximate surface area is 107 Å². The van der Waals surface area contributed by atoms with E-state index in [2.05, 4.69) is 0 Å². The lowest BCUT2D eigenvalue weighted by molar-refractivity contribution is 0.115. The topological polar surface area (TPSA) is 46.2 Å². The van der Waals surface area contributed by atoms with Crippen molar-refractivity contribution in [2.75, 3.05) is 0 Å². The second-order valence-electron chi connectivity index (χ2n) is 2.69. The van der Waals surface area contributed by atoms with Crippen LogP contribution >= 0.6 is 45.2 Å². The van der Waals surface area contributed by atoms with E-state index in [1.807, 2.05) is 45.2 Å². The monoisotopic (exact) mass is 425 g/mol. The van der Waals surface area contributed by atoms with E-state index in [0.717, 1.165) is 3.57 Å². The quantitative estimate of drug-likeness (QED) is 0.717. The number of hydrogen-bond donors (Lipinski definition) is 2. The summed E-state index contributed by atoms with van der Waals surface area (Å²) in [5, 5.41) is 9.52. The summed E-state index contributed by atoms with van der Waals surface area (Å²) in [6.45, 7) is 0. The van der Waals surface area contributed by atoms with Gasteiger partial charge in [-0.15, -0.1) is 0 Å². The molecule has 0 aliphatic rings. The maximum atomic E-state index is 12.3. The predicted octanol–water partition coefficient (Wildman–Crippen LogP) is 2.87. The van der Waals surface area contributed by atoms with Crippen molar-refractivity contribution in [1.82, 2.24) is 0 Å². The minimum absolute atomic E-state index is 0.0938. The van der Waals surface area contributed by atoms with Crippen LogP contribution in [-0.4, -0.2) is 11.5 Å². The van der Waals surface area contributed by atoms with Crippen molar-refractivity contribution in [2.24, 2.45) is 5.73 Å². The van der Waals surface area contributed by atoms with Crippen molar-refractivity contribution in [3.05, 3.63) is 24.8 Å². The van der Waals surface area contributed by atoms with Gasteiger partial charge in [-0.2, -0.15) is 0 Å². The molecule has 78 valence electrons. The van der Waals surface area contributed by atoms with Gasteiger partial charge in [-0.1, -0.05) is 0 Å². The number of benzene rings is 1. The first-order valence-corrected chi connectivity index (χ1v) is 5.81. The number of rotatable bonds is 2. The first-order valence-electron chi connectivity index (χ1n) is 3.65. The molecule has 1 atom stereocenters. The normalized spacial score (nSPS) is 13.3. The third kappa shape index (κ3) is 2.66. The fourth-order valence-corrected chi connectivity index (χ4v) is 2.87. The number of aromatic hydroxyl groups is 1. The lowest BCUT2D eigenvalue weighted by Crippen LogP contribution is -2.19. The van der Waals surface area contributed by atoms with Crippen LogP contribution in [0.15, 0.2) is 12.1 Å². The van der Waals surface area contributed by atoms with Crippen LogP contribution in [0, 0.1) is 7.14 Å². The Hall–Kier alpha value is 0.300. The summed E-state index contributed by atoms with van der Waals surface area (Å²) >= 11 is 3.87. The van der Waals surface area contributed by atoms with E-state index in [1.54, 1.807) is 6.07 Å². The molecule has 3 N–H and O–H groups in total. The molecule has 0 fully saturated rings. The smallest absolute Gasteiger partial charge is 0.257 e. The molecule has 0 amide bonds. The molecule has 0 unspecified atom stereocenters. The molecule has 0 aliphatic heterocycles. The molecule has 1 aromatic carbocycles. The van der Waals surface area contributed by atoms with E-state index < -0.39 is 12.5 Å². The largest absolute Gasteiger partial charge is 0.506 e. The minimum atomic E-state index is -2.67. The van der Waals surface area contributed by atoms with E-state index in [-0.39, 0.29) is 11.3 Å². The molecule has 0 saturated carbocycles. The molecule has 0 bridgehead atoms. The third-order valence-corrected chi connectivity index (χ3v) is 3.13. The number of alkyl halides is 2. The molecule has 2 nitrogen and oxygen atoms in total. The van der Waals surface area contributed by atoms with Gasteiger partial charge in [-0.05, 0) is 57.3 Å². The van der Waals surface area contributed by atoms with Crippen molar-refractivity contribution < 1.29 is 13.9 Å². The Morgan fingerprint density at radius 3 is 2.36 bits per heavy atom. The molecule has 0 spiro atoms. The summed E-state index contributed by atoms with van der Waals surface area (Å²) in [7, 11) is 0. The van der Waals surface area contributed by atoms with Gasteiger partial charge in [-0.3, -0.25) is 0 Å². The summed E-state index contributed by atoms with van der Waals surface area (Å²) in [6.07, 6.45) is -2.67. The molecule has 0 saturated heterocycles. The van der Waals surface area contributed by atoms with Gasteiger partial charge in [0, 0.05) is 9.13 Å². The van der Waals surface area contributed by atoms with Gasteiger partial charge in [-0.25, -0.2) is 8.78 Å². The van der Waals surface area contributed by atoms with Crippen LogP contribution < -0.4 is 5.73 Å². The van der Waals surface area contributed by atoms with Crippen LogP contribution in [0.2, 0.25) is 0 Å². The average molecular weight is 425 g/mol. The minimum Gasteiger partial charge on any atom is -0.506 e. The molecule has 6 heteroatoms. The van der Waals surface area contributed by atoms with Crippen molar-refractivity contribution in [3.8, 4) is 5.75 Å². The Balaban J connectivity index is 3.20. The summed E-state index contributed by atoms with van der Waals surface area (Å²) in [5.41, 5.74) is 5.35. The maximum Gasteiger partial charge on any atom is 0.257 e. The fourth-order valence-electron chi connectivity index (χ4n) is 0.976. The van der Waals surface area contributed by atoms with Crippen LogP contribution in [0.5, 0.6) is 5.75 Å². The highest BCUT2D eigenvalue weighted by Gasteiger charge is 2.22. The molecule has 0 radical (unpaired) electrons. The Kier molecular flexibility index (Phi) is 4.31. The van der Waals surface area contributed by atoms with Gasteiger partial charge < -0.3 is 10.8 Å². The highest BCUT2D eigenvalue weighted by molar-refractivity contribution is 14.1. The van der Waals surface area contributed by atoms with E-state index >= 15 is 0 Å². The maximum absolute atomic E-state index is 12.3. The number of halogens is 4. The Morgan fingerprint density at radius 2 is 1.86 bits per heavy atom. The molecule has 0 aromatic heterocycles. The number of hydrogen-bond acceptors (Lipinski definition) is 2. The molecular formula is C8H7F2I2NO. The van der Waals surface area contributed by atoms with Crippen LogP contribution in [0.3, 0.4) is 0 Å². The van der Waals surface area contributed by atoms with Crippen molar-refractivity contribution in [2.45, 2.75) is 12.5 Å². The van der Waals surface area contributed by atoms with E-state index in [9.17, 15) is 13.9 Å². The van der Waals surface area contributed by atoms with E-state index in [4.69, 9.17) is 5.73 Å². The molecule has 0 heterocycles. The SMILES string of the molecule is N[C@H](c1cc(I)cc(I)c1O)C(F)F. The highest BCUT2D eigenvalue weighted by atomic mass is 127. The molecule has 1 rings (SSSR count). The van der Waals surface area contributed by atoms with Gasteiger partial charge in [0.2, 0.25) is 0 Å². The van der Waals surface area contributed by atoms with Crippen LogP contribution in [0.25, 0.3) is 0 Å². The first kappa shape index (κ1) is 12.4. The second-order valence-corrected chi connectivity index (χ2v) is 5.09. The lowest BCUT2D eigenvalue weighted by atomic mass is 10.1. The van der Waals surface area contributed by atoms with Gasteiger partial charge in [0.1, 0.15) is 5.75 Å². The first-order chi connectivity index (χ1) is 6.43. The van der Waals surface area contributed by atoms with Crippen LogP contribution in [0.1, 0.15) is 11.6 Å². The summed E-state index contributed by atoms with van der Waals surface area (Å²) in [6, 6.07) is 1.73. The summed E-state index contributed by atoms with van der Waals surface area (Å²) in [4.78, 5) is 0. The number of phenolic OH excluding ortho intramolecular Hbond substituents is 1. The zero-order valence-corrected chi connectivity index (χ0v) is 11.2. The van der Waals surface area contributed by atoms with Gasteiger partial charge in [0.05, 0.1) is 9.61 Å². The van der Waals surface area contributed by atoms with Crippen molar-refractivity contribution in [3.63, 3.8) is 0 Å². The Morgan fingerprint density at radius 1 is 1.29 bits per heavy atom. The standard InChI is InChI=1S/C8H7F2I2NO/c9-8(10)6(13)4-1-3(11)2-5(12)7(4)14/h1-2,6,8,14H,13H2/t6-/m1/s1. The van der Waals surface area contributed by atoms with Crippen LogP contribution in [0.4, 0.5) is 8.78 Å². The molecule has 1 aromatic rings. The molecule has 0 aliphatic carbocycles. The van der Waals surface area contributed by atoms with Crippen molar-refractivity contribution in [1.29, 1.82) is 0 Å². The highest BCUT2D eigenvalue weighted by Crippen LogP contribution is 2.32. The average Bonchev–Trinajstić information content (AvgIpc) is 2.09. The zero-order chi connectivity index (χ0) is 10.9. The van der Waals surface area contributed by atoms with Crippen LogP contribution in [-0.2, 0) is 0 Å². The zero-order valence-electron chi connectivity index (χ0n) is 6.85. The number of phenols is 1. The summed E-state index contributed by atoms with van der Waals surface area (Å²) < 4.78 is 25.9. The second kappa shape index (κ2) is 4.88. The fraction of sp³-hybridized carbons (Fsp3) is 0.250. The van der Waals surface area contributed by atoms with E-state index in [0.29, 0.717) is 3.57 Å². The summed E-state index contributed by atoms with van der Waals surface area (Å²) in [5.74, 6) is -0.154. The molecule has 14 heavy (non-hydrogen) atoms. The lowest BCUT2D eigenvalue weighted by Gasteiger charge is -2.14. The van der Waals surface area contributed by atoms with Gasteiger partial charge >= 0.3 is 0 Å². The van der Waals surface area contributed by atoms with Crippen molar-refractivity contribution >= 4 is 45.2 Å². The van der Waals surface area contributed by atoms with E-state index in [1.165, 1.54) is 6.07 Å². The molecular weight excluding hydrogens is 418 g/mol. The third-order valence-electron chi connectivity index (χ3n) is 1.69.